The Balaban J connectivity index is 1.79. The molecule has 0 aliphatic rings. The maximum Gasteiger partial charge on any atom is 0.302 e. The van der Waals surface area contributed by atoms with Crippen molar-refractivity contribution in [1.82, 2.24) is 19.5 Å². The van der Waals surface area contributed by atoms with Crippen LogP contribution in [0.5, 0.6) is 5.88 Å². The maximum absolute atomic E-state index is 11.1. The van der Waals surface area contributed by atoms with Crippen LogP contribution in [0.15, 0.2) is 36.7 Å². The zero-order valence-electron chi connectivity index (χ0n) is 18.1. The number of benzene rings is 1. The van der Waals surface area contributed by atoms with Crippen molar-refractivity contribution in [2.45, 2.75) is 33.3 Å². The molecule has 0 saturated heterocycles. The quantitative estimate of drug-likeness (QED) is 0.313. The van der Waals surface area contributed by atoms with E-state index in [0.717, 1.165) is 5.56 Å². The normalized spacial score (nSPS) is 10.8. The van der Waals surface area contributed by atoms with E-state index in [2.05, 4.69) is 20.3 Å². The molecule has 12 heteroatoms. The standard InChI is InChI=1S/C21H23N5O7/c1-14(28)30-9-17(10-31-15(2)29)33-13-26-11-22-18-19(26)24-21(23-12-27)25-20(18)32-8-16-6-4-3-5-7-16/h3-7,11-12,17H,8-10,13H2,1-2H3,(H,23,24,25,27). The fourth-order valence-electron chi connectivity index (χ4n) is 2.71. The van der Waals surface area contributed by atoms with Crippen LogP contribution in [-0.2, 0) is 41.9 Å². The van der Waals surface area contributed by atoms with Gasteiger partial charge in [0.25, 0.3) is 0 Å². The molecule has 0 fully saturated rings. The zero-order chi connectivity index (χ0) is 23.6. The monoisotopic (exact) mass is 457 g/mol. The number of amides is 1. The number of carbonyl (C=O) groups excluding carboxylic acids is 3. The third-order valence-electron chi connectivity index (χ3n) is 4.23. The van der Waals surface area contributed by atoms with Crippen molar-refractivity contribution in [3.63, 3.8) is 0 Å². The van der Waals surface area contributed by atoms with Gasteiger partial charge >= 0.3 is 11.9 Å². The lowest BCUT2D eigenvalue weighted by molar-refractivity contribution is -0.154. The summed E-state index contributed by atoms with van der Waals surface area (Å²) in [6, 6.07) is 9.49. The second-order valence-electron chi connectivity index (χ2n) is 6.80. The molecule has 0 bridgehead atoms. The topological polar surface area (TPSA) is 144 Å². The van der Waals surface area contributed by atoms with Crippen LogP contribution >= 0.6 is 0 Å². The Morgan fingerprint density at radius 1 is 1.09 bits per heavy atom. The predicted octanol–water partition coefficient (Wildman–Crippen LogP) is 1.44. The van der Waals surface area contributed by atoms with Crippen molar-refractivity contribution >= 4 is 35.5 Å². The number of hydrogen-bond donors (Lipinski definition) is 1. The summed E-state index contributed by atoms with van der Waals surface area (Å²) in [7, 11) is 0. The third kappa shape index (κ3) is 6.97. The van der Waals surface area contributed by atoms with E-state index < -0.39 is 18.0 Å². The van der Waals surface area contributed by atoms with Gasteiger partial charge in [-0.15, -0.1) is 0 Å². The molecule has 0 atom stereocenters. The maximum atomic E-state index is 11.1. The molecule has 0 unspecified atom stereocenters. The molecule has 1 amide bonds. The smallest absolute Gasteiger partial charge is 0.302 e. The molecule has 3 aromatic rings. The van der Waals surface area contributed by atoms with E-state index in [1.807, 2.05) is 30.3 Å². The Kier molecular flexibility index (Phi) is 8.24. The van der Waals surface area contributed by atoms with Crippen LogP contribution in [0, 0.1) is 0 Å². The second-order valence-corrected chi connectivity index (χ2v) is 6.80. The van der Waals surface area contributed by atoms with Gasteiger partial charge in [-0.2, -0.15) is 9.97 Å². The van der Waals surface area contributed by atoms with Gasteiger partial charge in [0.2, 0.25) is 18.2 Å². The van der Waals surface area contributed by atoms with Crippen molar-refractivity contribution in [3.8, 4) is 5.88 Å². The summed E-state index contributed by atoms with van der Waals surface area (Å²) < 4.78 is 23.0. The largest absolute Gasteiger partial charge is 0.471 e. The van der Waals surface area contributed by atoms with Gasteiger partial charge in [0, 0.05) is 13.8 Å². The number of carbonyl (C=O) groups is 3. The number of esters is 2. The molecule has 0 radical (unpaired) electrons. The highest BCUT2D eigenvalue weighted by Crippen LogP contribution is 2.24. The van der Waals surface area contributed by atoms with Crippen molar-refractivity contribution in [2.75, 3.05) is 18.5 Å². The first kappa shape index (κ1) is 23.6. The highest BCUT2D eigenvalue weighted by molar-refractivity contribution is 5.79. The lowest BCUT2D eigenvalue weighted by Gasteiger charge is -2.17. The molecule has 0 aliphatic carbocycles. The fourth-order valence-corrected chi connectivity index (χ4v) is 2.71. The van der Waals surface area contributed by atoms with E-state index in [9.17, 15) is 14.4 Å². The number of fused-ring (bicyclic) bond motifs is 1. The molecular formula is C21H23N5O7. The molecule has 174 valence electrons. The van der Waals surface area contributed by atoms with Gasteiger partial charge in [0.15, 0.2) is 11.2 Å². The Hall–Kier alpha value is -4.06. The summed E-state index contributed by atoms with van der Waals surface area (Å²) in [5, 5.41) is 2.41. The minimum Gasteiger partial charge on any atom is -0.471 e. The van der Waals surface area contributed by atoms with E-state index >= 15 is 0 Å². The zero-order valence-corrected chi connectivity index (χ0v) is 18.1. The Bertz CT molecular complexity index is 1090. The van der Waals surface area contributed by atoms with Crippen LogP contribution in [0.1, 0.15) is 19.4 Å². The molecule has 0 saturated carbocycles. The molecule has 1 N–H and O–H groups in total. The van der Waals surface area contributed by atoms with Gasteiger partial charge in [0.05, 0.1) is 6.33 Å². The number of aromatic nitrogens is 4. The van der Waals surface area contributed by atoms with E-state index in [4.69, 9.17) is 18.9 Å². The number of ether oxygens (including phenoxy) is 4. The first-order valence-corrected chi connectivity index (χ1v) is 9.94. The molecule has 2 heterocycles. The van der Waals surface area contributed by atoms with Gasteiger partial charge in [-0.1, -0.05) is 30.3 Å². The van der Waals surface area contributed by atoms with Crippen LogP contribution in [0.25, 0.3) is 11.2 Å². The number of hydrogen-bond acceptors (Lipinski definition) is 10. The lowest BCUT2D eigenvalue weighted by atomic mass is 10.2. The summed E-state index contributed by atoms with van der Waals surface area (Å²) >= 11 is 0. The molecule has 0 aliphatic heterocycles. The first-order chi connectivity index (χ1) is 16.0. The molecular weight excluding hydrogens is 434 g/mol. The number of nitrogens with one attached hydrogen (secondary N) is 1. The highest BCUT2D eigenvalue weighted by Gasteiger charge is 2.18. The van der Waals surface area contributed by atoms with Gasteiger partial charge in [-0.05, 0) is 5.56 Å². The highest BCUT2D eigenvalue weighted by atomic mass is 16.6. The summed E-state index contributed by atoms with van der Waals surface area (Å²) in [5.41, 5.74) is 1.63. The predicted molar refractivity (Wildman–Crippen MR) is 114 cm³/mol. The summed E-state index contributed by atoms with van der Waals surface area (Å²) in [5.74, 6) is -0.768. The van der Waals surface area contributed by atoms with E-state index in [1.54, 1.807) is 4.57 Å². The van der Waals surface area contributed by atoms with Gasteiger partial charge in [-0.3, -0.25) is 24.3 Å². The average molecular weight is 457 g/mol. The van der Waals surface area contributed by atoms with E-state index in [1.165, 1.54) is 20.2 Å². The van der Waals surface area contributed by atoms with E-state index in [-0.39, 0.29) is 38.4 Å². The lowest BCUT2D eigenvalue weighted by Crippen LogP contribution is -2.28. The number of imidazole rings is 1. The van der Waals surface area contributed by atoms with Crippen molar-refractivity contribution in [3.05, 3.63) is 42.2 Å². The second kappa shape index (κ2) is 11.5. The summed E-state index contributed by atoms with van der Waals surface area (Å²) in [6.45, 7) is 2.51. The van der Waals surface area contributed by atoms with Crippen LogP contribution in [0.4, 0.5) is 5.95 Å². The number of anilines is 1. The number of nitrogens with zero attached hydrogens (tertiary/aromatic N) is 4. The first-order valence-electron chi connectivity index (χ1n) is 9.94. The fraction of sp³-hybridized carbons (Fsp3) is 0.333. The molecule has 0 spiro atoms. The van der Waals surface area contributed by atoms with Gasteiger partial charge in [-0.25, -0.2) is 4.98 Å². The van der Waals surface area contributed by atoms with Gasteiger partial charge < -0.3 is 18.9 Å². The summed E-state index contributed by atoms with van der Waals surface area (Å²) in [4.78, 5) is 46.0. The Morgan fingerprint density at radius 3 is 2.42 bits per heavy atom. The average Bonchev–Trinajstić information content (AvgIpc) is 3.20. The van der Waals surface area contributed by atoms with Crippen LogP contribution in [-0.4, -0.2) is 57.2 Å². The molecule has 12 nitrogen and oxygen atoms in total. The van der Waals surface area contributed by atoms with Crippen molar-refractivity contribution < 1.29 is 33.3 Å². The molecule has 3 rings (SSSR count). The minimum atomic E-state index is -0.710. The molecule has 33 heavy (non-hydrogen) atoms. The van der Waals surface area contributed by atoms with Gasteiger partial charge in [0.1, 0.15) is 32.7 Å². The van der Waals surface area contributed by atoms with Crippen molar-refractivity contribution in [1.29, 1.82) is 0 Å². The molecule has 2 aromatic heterocycles. The molecule has 1 aromatic carbocycles. The Labute approximate surface area is 188 Å². The Morgan fingerprint density at radius 2 is 1.79 bits per heavy atom. The summed E-state index contributed by atoms with van der Waals surface area (Å²) in [6.07, 6.45) is 1.21. The number of rotatable bonds is 12. The van der Waals surface area contributed by atoms with Crippen LogP contribution in [0.3, 0.4) is 0 Å². The third-order valence-corrected chi connectivity index (χ3v) is 4.23. The van der Waals surface area contributed by atoms with Crippen LogP contribution in [0.2, 0.25) is 0 Å². The SMILES string of the molecule is CC(=O)OCC(COC(C)=O)OCn1cnc2c(OCc3ccccc3)nc(NC=O)nc21. The van der Waals surface area contributed by atoms with Crippen molar-refractivity contribution in [2.24, 2.45) is 0 Å². The minimum absolute atomic E-state index is 0.0266. The van der Waals surface area contributed by atoms with Crippen LogP contribution < -0.4 is 10.1 Å². The van der Waals surface area contributed by atoms with E-state index in [0.29, 0.717) is 17.6 Å².